The standard InChI is InChI=1S/C12H15N5/c1-10-13-12(15-14-10)17-8-7-16(9-17)11-5-3-2-4-6-11/h2-6H,7-9H2,1H3,(H,13,14,15). The molecule has 0 radical (unpaired) electrons. The molecule has 0 amide bonds. The van der Waals surface area contributed by atoms with Gasteiger partial charge in [0.2, 0.25) is 5.95 Å². The van der Waals surface area contributed by atoms with Crippen LogP contribution < -0.4 is 9.80 Å². The van der Waals surface area contributed by atoms with Crippen molar-refractivity contribution in [3.05, 3.63) is 36.2 Å². The Labute approximate surface area is 100 Å². The molecule has 0 atom stereocenters. The Balaban J connectivity index is 1.74. The van der Waals surface area contributed by atoms with Gasteiger partial charge in [-0.2, -0.15) is 4.98 Å². The molecule has 2 aromatic rings. The van der Waals surface area contributed by atoms with Crippen molar-refractivity contribution in [1.29, 1.82) is 0 Å². The Morgan fingerprint density at radius 1 is 1.12 bits per heavy atom. The first-order valence-corrected chi connectivity index (χ1v) is 5.77. The van der Waals surface area contributed by atoms with Crippen molar-refractivity contribution < 1.29 is 0 Å². The van der Waals surface area contributed by atoms with Crippen LogP contribution in [-0.2, 0) is 0 Å². The number of aryl methyl sites for hydroxylation is 1. The fourth-order valence-corrected chi connectivity index (χ4v) is 2.07. The van der Waals surface area contributed by atoms with Crippen molar-refractivity contribution in [3.63, 3.8) is 0 Å². The lowest BCUT2D eigenvalue weighted by Crippen LogP contribution is -2.25. The number of anilines is 2. The molecule has 3 rings (SSSR count). The SMILES string of the molecule is Cc1nc(N2CCN(c3ccccc3)C2)n[nH]1. The zero-order chi connectivity index (χ0) is 11.7. The average molecular weight is 229 g/mol. The Kier molecular flexibility index (Phi) is 2.44. The van der Waals surface area contributed by atoms with E-state index in [2.05, 4.69) is 49.2 Å². The van der Waals surface area contributed by atoms with Gasteiger partial charge in [0.15, 0.2) is 0 Å². The highest BCUT2D eigenvalue weighted by Crippen LogP contribution is 2.20. The summed E-state index contributed by atoms with van der Waals surface area (Å²) in [6.45, 7) is 4.74. The fraction of sp³-hybridized carbons (Fsp3) is 0.333. The Morgan fingerprint density at radius 3 is 2.59 bits per heavy atom. The monoisotopic (exact) mass is 229 g/mol. The first-order valence-electron chi connectivity index (χ1n) is 5.77. The van der Waals surface area contributed by atoms with Crippen LogP contribution in [0.25, 0.3) is 0 Å². The van der Waals surface area contributed by atoms with Crippen LogP contribution in [-0.4, -0.2) is 34.9 Å². The van der Waals surface area contributed by atoms with Crippen LogP contribution in [0.5, 0.6) is 0 Å². The number of aromatic nitrogens is 3. The first kappa shape index (κ1) is 10.1. The molecular formula is C12H15N5. The van der Waals surface area contributed by atoms with Gasteiger partial charge >= 0.3 is 0 Å². The summed E-state index contributed by atoms with van der Waals surface area (Å²) in [5.41, 5.74) is 1.25. The quantitative estimate of drug-likeness (QED) is 0.845. The zero-order valence-corrected chi connectivity index (χ0v) is 9.80. The van der Waals surface area contributed by atoms with Gasteiger partial charge in [-0.3, -0.25) is 5.10 Å². The molecule has 0 spiro atoms. The number of nitrogens with one attached hydrogen (secondary N) is 1. The lowest BCUT2D eigenvalue weighted by Gasteiger charge is -2.18. The van der Waals surface area contributed by atoms with E-state index in [9.17, 15) is 0 Å². The summed E-state index contributed by atoms with van der Waals surface area (Å²) >= 11 is 0. The number of hydrogen-bond acceptors (Lipinski definition) is 4. The third-order valence-corrected chi connectivity index (χ3v) is 2.97. The van der Waals surface area contributed by atoms with Gasteiger partial charge in [0.1, 0.15) is 5.82 Å². The lowest BCUT2D eigenvalue weighted by atomic mass is 10.3. The Morgan fingerprint density at radius 2 is 1.88 bits per heavy atom. The molecule has 1 aliphatic rings. The minimum Gasteiger partial charge on any atom is -0.352 e. The van der Waals surface area contributed by atoms with Crippen LogP contribution in [0, 0.1) is 6.92 Å². The summed E-state index contributed by atoms with van der Waals surface area (Å²) in [7, 11) is 0. The molecule has 0 bridgehead atoms. The molecule has 1 N–H and O–H groups in total. The summed E-state index contributed by atoms with van der Waals surface area (Å²) in [6, 6.07) is 10.4. The average Bonchev–Trinajstić information content (AvgIpc) is 2.98. The van der Waals surface area contributed by atoms with E-state index in [-0.39, 0.29) is 0 Å². The van der Waals surface area contributed by atoms with Crippen molar-refractivity contribution in [2.75, 3.05) is 29.6 Å². The predicted molar refractivity (Wildman–Crippen MR) is 67.1 cm³/mol. The second-order valence-corrected chi connectivity index (χ2v) is 4.22. The minimum absolute atomic E-state index is 0.793. The van der Waals surface area contributed by atoms with Crippen LogP contribution >= 0.6 is 0 Å². The van der Waals surface area contributed by atoms with Gasteiger partial charge in [-0.1, -0.05) is 18.2 Å². The first-order chi connectivity index (χ1) is 8.33. The van der Waals surface area contributed by atoms with Crippen LogP contribution in [0.2, 0.25) is 0 Å². The number of benzene rings is 1. The van der Waals surface area contributed by atoms with E-state index in [1.165, 1.54) is 5.69 Å². The summed E-state index contributed by atoms with van der Waals surface area (Å²) in [6.07, 6.45) is 0. The third kappa shape index (κ3) is 1.95. The minimum atomic E-state index is 0.793. The van der Waals surface area contributed by atoms with Crippen LogP contribution in [0.1, 0.15) is 5.82 Å². The largest absolute Gasteiger partial charge is 0.352 e. The Hall–Kier alpha value is -2.04. The summed E-state index contributed by atoms with van der Waals surface area (Å²) in [5.74, 6) is 1.65. The summed E-state index contributed by atoms with van der Waals surface area (Å²) in [5, 5.41) is 7.07. The fourth-order valence-electron chi connectivity index (χ4n) is 2.07. The van der Waals surface area contributed by atoms with Gasteiger partial charge in [0, 0.05) is 18.8 Å². The van der Waals surface area contributed by atoms with E-state index in [4.69, 9.17) is 0 Å². The molecule has 1 aliphatic heterocycles. The molecule has 88 valence electrons. The van der Waals surface area contributed by atoms with Crippen molar-refractivity contribution in [2.24, 2.45) is 0 Å². The highest BCUT2D eigenvalue weighted by atomic mass is 15.4. The Bertz CT molecular complexity index is 493. The van der Waals surface area contributed by atoms with Gasteiger partial charge in [-0.05, 0) is 19.1 Å². The highest BCUT2D eigenvalue weighted by Gasteiger charge is 2.22. The third-order valence-electron chi connectivity index (χ3n) is 2.97. The zero-order valence-electron chi connectivity index (χ0n) is 9.80. The van der Waals surface area contributed by atoms with Gasteiger partial charge in [0.05, 0.1) is 6.67 Å². The van der Waals surface area contributed by atoms with Gasteiger partial charge < -0.3 is 9.80 Å². The molecule has 5 nitrogen and oxygen atoms in total. The number of hydrogen-bond donors (Lipinski definition) is 1. The van der Waals surface area contributed by atoms with E-state index in [1.807, 2.05) is 13.0 Å². The number of aromatic amines is 1. The topological polar surface area (TPSA) is 48.1 Å². The molecule has 0 saturated carbocycles. The van der Waals surface area contributed by atoms with E-state index in [1.54, 1.807) is 0 Å². The van der Waals surface area contributed by atoms with E-state index in [0.29, 0.717) is 0 Å². The number of rotatable bonds is 2. The molecule has 0 aliphatic carbocycles. The predicted octanol–water partition coefficient (Wildman–Crippen LogP) is 1.40. The molecule has 1 aromatic carbocycles. The maximum atomic E-state index is 4.35. The molecule has 2 heterocycles. The lowest BCUT2D eigenvalue weighted by molar-refractivity contribution is 0.898. The van der Waals surface area contributed by atoms with Gasteiger partial charge in [-0.15, -0.1) is 5.10 Å². The van der Waals surface area contributed by atoms with Gasteiger partial charge in [0.25, 0.3) is 0 Å². The molecule has 1 aromatic heterocycles. The molecule has 17 heavy (non-hydrogen) atoms. The molecule has 1 fully saturated rings. The van der Waals surface area contributed by atoms with E-state index in [0.717, 1.165) is 31.5 Å². The van der Waals surface area contributed by atoms with Gasteiger partial charge in [-0.25, -0.2) is 0 Å². The van der Waals surface area contributed by atoms with E-state index < -0.39 is 0 Å². The molecular weight excluding hydrogens is 214 g/mol. The molecule has 1 saturated heterocycles. The molecule has 5 heteroatoms. The smallest absolute Gasteiger partial charge is 0.246 e. The van der Waals surface area contributed by atoms with Crippen molar-refractivity contribution in [2.45, 2.75) is 6.92 Å². The second-order valence-electron chi connectivity index (χ2n) is 4.22. The van der Waals surface area contributed by atoms with Crippen molar-refractivity contribution >= 4 is 11.6 Å². The number of H-pyrrole nitrogens is 1. The van der Waals surface area contributed by atoms with Crippen LogP contribution in [0.3, 0.4) is 0 Å². The number of para-hydroxylation sites is 1. The highest BCUT2D eigenvalue weighted by molar-refractivity contribution is 5.50. The second kappa shape index (κ2) is 4.08. The van der Waals surface area contributed by atoms with Crippen LogP contribution in [0.4, 0.5) is 11.6 Å². The van der Waals surface area contributed by atoms with Crippen molar-refractivity contribution in [3.8, 4) is 0 Å². The maximum Gasteiger partial charge on any atom is 0.246 e. The van der Waals surface area contributed by atoms with E-state index >= 15 is 0 Å². The molecule has 0 unspecified atom stereocenters. The summed E-state index contributed by atoms with van der Waals surface area (Å²) in [4.78, 5) is 8.86. The van der Waals surface area contributed by atoms with Crippen LogP contribution in [0.15, 0.2) is 30.3 Å². The maximum absolute atomic E-state index is 4.35. The summed E-state index contributed by atoms with van der Waals surface area (Å²) < 4.78 is 0. The number of nitrogens with zero attached hydrogens (tertiary/aromatic N) is 4. The normalized spacial score (nSPS) is 15.6. The van der Waals surface area contributed by atoms with Crippen molar-refractivity contribution in [1.82, 2.24) is 15.2 Å².